The molecule has 1 unspecified atom stereocenters. The number of rotatable bonds is 4. The molecule has 0 aliphatic carbocycles. The number of amides is 1. The molecule has 6 rings (SSSR count). The third kappa shape index (κ3) is 3.38. The third-order valence-electron chi connectivity index (χ3n) is 6.58. The van der Waals surface area contributed by atoms with Crippen LogP contribution >= 0.6 is 0 Å². The van der Waals surface area contributed by atoms with Crippen molar-refractivity contribution in [1.29, 1.82) is 0 Å². The first-order valence-corrected chi connectivity index (χ1v) is 11.3. The fraction of sp³-hybridized carbons (Fsp3) is 0.0690. The number of aromatic nitrogens is 2. The van der Waals surface area contributed by atoms with E-state index in [1.807, 2.05) is 72.9 Å². The number of hydrogen-bond acceptors (Lipinski definition) is 4. The highest BCUT2D eigenvalue weighted by Gasteiger charge is 2.47. The molecule has 3 heterocycles. The van der Waals surface area contributed by atoms with Gasteiger partial charge in [-0.05, 0) is 28.5 Å². The van der Waals surface area contributed by atoms with E-state index in [2.05, 4.69) is 9.97 Å². The maximum atomic E-state index is 13.5. The van der Waals surface area contributed by atoms with Crippen LogP contribution in [-0.2, 0) is 16.1 Å². The summed E-state index contributed by atoms with van der Waals surface area (Å²) in [5.74, 6) is -1.52. The summed E-state index contributed by atoms with van der Waals surface area (Å²) in [6.07, 6.45) is 5.15. The normalized spacial score (nSPS) is 17.5. The maximum Gasteiger partial charge on any atom is 0.295 e. The molecule has 0 saturated carbocycles. The van der Waals surface area contributed by atoms with Gasteiger partial charge in [0.05, 0.1) is 11.6 Å². The van der Waals surface area contributed by atoms with Crippen LogP contribution in [0.1, 0.15) is 22.7 Å². The predicted molar refractivity (Wildman–Crippen MR) is 134 cm³/mol. The number of aliphatic hydroxyl groups excluding tert-OH is 1. The van der Waals surface area contributed by atoms with Gasteiger partial charge in [0, 0.05) is 47.2 Å². The number of likely N-dealkylation sites (tertiary alicyclic amines) is 1. The van der Waals surface area contributed by atoms with Crippen molar-refractivity contribution in [1.82, 2.24) is 14.9 Å². The van der Waals surface area contributed by atoms with Crippen LogP contribution in [0, 0.1) is 0 Å². The first kappa shape index (κ1) is 20.9. The number of aliphatic hydroxyl groups is 1. The van der Waals surface area contributed by atoms with E-state index in [4.69, 9.17) is 0 Å². The van der Waals surface area contributed by atoms with Gasteiger partial charge in [-0.25, -0.2) is 0 Å². The summed E-state index contributed by atoms with van der Waals surface area (Å²) in [5, 5.41) is 14.2. The van der Waals surface area contributed by atoms with Crippen molar-refractivity contribution in [3.05, 3.63) is 120 Å². The molecule has 6 heteroatoms. The Morgan fingerprint density at radius 1 is 0.914 bits per heavy atom. The Hall–Kier alpha value is -4.71. The van der Waals surface area contributed by atoms with Gasteiger partial charge in [-0.3, -0.25) is 14.6 Å². The van der Waals surface area contributed by atoms with Crippen molar-refractivity contribution in [3.8, 4) is 0 Å². The molecule has 35 heavy (non-hydrogen) atoms. The molecule has 6 nitrogen and oxygen atoms in total. The molecule has 1 aliphatic rings. The third-order valence-corrected chi connectivity index (χ3v) is 6.58. The van der Waals surface area contributed by atoms with Gasteiger partial charge in [0.1, 0.15) is 5.76 Å². The zero-order valence-corrected chi connectivity index (χ0v) is 18.7. The zero-order chi connectivity index (χ0) is 23.9. The van der Waals surface area contributed by atoms with Gasteiger partial charge in [0.15, 0.2) is 0 Å². The van der Waals surface area contributed by atoms with E-state index < -0.39 is 17.7 Å². The van der Waals surface area contributed by atoms with Crippen LogP contribution in [0.2, 0.25) is 0 Å². The number of carbonyl (C=O) groups excluding carboxylic acids is 2. The SMILES string of the molecule is O=C1C(=O)N(Cc2cccnc2)C(c2c[nH]c3ccccc23)/C1=C(\O)c1cccc2ccccc12. The van der Waals surface area contributed by atoms with E-state index in [-0.39, 0.29) is 17.9 Å². The van der Waals surface area contributed by atoms with Gasteiger partial charge in [-0.1, -0.05) is 66.7 Å². The van der Waals surface area contributed by atoms with Gasteiger partial charge in [0.25, 0.3) is 11.7 Å². The molecular formula is C29H21N3O3. The second-order valence-corrected chi connectivity index (χ2v) is 8.60. The largest absolute Gasteiger partial charge is 0.507 e. The van der Waals surface area contributed by atoms with E-state index in [1.54, 1.807) is 24.5 Å². The highest BCUT2D eigenvalue weighted by atomic mass is 16.3. The van der Waals surface area contributed by atoms with Gasteiger partial charge in [-0.2, -0.15) is 0 Å². The standard InChI is InChI=1S/C29H21N3O3/c33-27(22-12-5-9-19-8-1-2-10-20(19)22)25-26(23-16-31-24-13-4-3-11-21(23)24)32(29(35)28(25)34)17-18-7-6-14-30-15-18/h1-16,26,31,33H,17H2/b27-25+. The number of benzene rings is 3. The minimum atomic E-state index is -0.759. The van der Waals surface area contributed by atoms with E-state index >= 15 is 0 Å². The second kappa shape index (κ2) is 8.25. The lowest BCUT2D eigenvalue weighted by molar-refractivity contribution is -0.140. The fourth-order valence-electron chi connectivity index (χ4n) is 4.95. The lowest BCUT2D eigenvalue weighted by Gasteiger charge is -2.25. The first-order valence-electron chi connectivity index (χ1n) is 11.3. The highest BCUT2D eigenvalue weighted by molar-refractivity contribution is 6.46. The average molecular weight is 460 g/mol. The number of H-pyrrole nitrogens is 1. The topological polar surface area (TPSA) is 86.3 Å². The molecular weight excluding hydrogens is 438 g/mol. The van der Waals surface area contributed by atoms with Crippen molar-refractivity contribution in [2.75, 3.05) is 0 Å². The number of aromatic amines is 1. The Morgan fingerprint density at radius 2 is 1.69 bits per heavy atom. The van der Waals surface area contributed by atoms with E-state index in [0.717, 1.165) is 32.8 Å². The van der Waals surface area contributed by atoms with E-state index in [9.17, 15) is 14.7 Å². The Bertz CT molecular complexity index is 1630. The van der Waals surface area contributed by atoms with Crippen LogP contribution in [0.15, 0.2) is 103 Å². The zero-order valence-electron chi connectivity index (χ0n) is 18.7. The summed E-state index contributed by atoms with van der Waals surface area (Å²) in [6.45, 7) is 0.189. The molecule has 1 atom stereocenters. The van der Waals surface area contributed by atoms with Crippen molar-refractivity contribution >= 4 is 39.1 Å². The van der Waals surface area contributed by atoms with E-state index in [0.29, 0.717) is 5.56 Å². The molecule has 0 radical (unpaired) electrons. The van der Waals surface area contributed by atoms with Gasteiger partial charge < -0.3 is 15.0 Å². The molecule has 2 N–H and O–H groups in total. The minimum Gasteiger partial charge on any atom is -0.507 e. The summed E-state index contributed by atoms with van der Waals surface area (Å²) >= 11 is 0. The molecule has 0 spiro atoms. The highest BCUT2D eigenvalue weighted by Crippen LogP contribution is 2.43. The van der Waals surface area contributed by atoms with Gasteiger partial charge in [-0.15, -0.1) is 0 Å². The van der Waals surface area contributed by atoms with Gasteiger partial charge >= 0.3 is 0 Å². The second-order valence-electron chi connectivity index (χ2n) is 8.60. The Balaban J connectivity index is 1.59. The number of hydrogen-bond donors (Lipinski definition) is 2. The van der Waals surface area contributed by atoms with Crippen LogP contribution in [0.4, 0.5) is 0 Å². The maximum absolute atomic E-state index is 13.5. The van der Waals surface area contributed by atoms with E-state index in [1.165, 1.54) is 4.90 Å². The Kier molecular flexibility index (Phi) is 4.92. The van der Waals surface area contributed by atoms with Crippen molar-refractivity contribution in [3.63, 3.8) is 0 Å². The van der Waals surface area contributed by atoms with Crippen LogP contribution in [0.25, 0.3) is 27.4 Å². The molecule has 1 fully saturated rings. The number of pyridine rings is 1. The number of Topliss-reactive ketones (excluding diaryl/α,β-unsaturated/α-hetero) is 1. The fourth-order valence-corrected chi connectivity index (χ4v) is 4.95. The summed E-state index contributed by atoms with van der Waals surface area (Å²) in [5.41, 5.74) is 3.04. The lowest BCUT2D eigenvalue weighted by atomic mass is 9.93. The summed E-state index contributed by atoms with van der Waals surface area (Å²) < 4.78 is 0. The molecule has 0 bridgehead atoms. The minimum absolute atomic E-state index is 0.0833. The summed E-state index contributed by atoms with van der Waals surface area (Å²) in [4.78, 5) is 35.7. The number of carbonyl (C=O) groups is 2. The number of fused-ring (bicyclic) bond motifs is 2. The Morgan fingerprint density at radius 3 is 2.51 bits per heavy atom. The molecule has 5 aromatic rings. The summed E-state index contributed by atoms with van der Waals surface area (Å²) in [6, 6.07) is 23.8. The van der Waals surface area contributed by atoms with Crippen molar-refractivity contribution in [2.45, 2.75) is 12.6 Å². The van der Waals surface area contributed by atoms with Crippen LogP contribution in [0.5, 0.6) is 0 Å². The molecule has 1 saturated heterocycles. The molecule has 2 aromatic heterocycles. The quantitative estimate of drug-likeness (QED) is 0.216. The number of ketones is 1. The molecule has 1 aliphatic heterocycles. The van der Waals surface area contributed by atoms with Crippen LogP contribution in [0.3, 0.4) is 0 Å². The number of para-hydroxylation sites is 1. The Labute approximate surface area is 201 Å². The van der Waals surface area contributed by atoms with Crippen LogP contribution < -0.4 is 0 Å². The number of nitrogens with one attached hydrogen (secondary N) is 1. The molecule has 1 amide bonds. The van der Waals surface area contributed by atoms with Crippen molar-refractivity contribution < 1.29 is 14.7 Å². The predicted octanol–water partition coefficient (Wildman–Crippen LogP) is 5.34. The lowest BCUT2D eigenvalue weighted by Crippen LogP contribution is -2.29. The smallest absolute Gasteiger partial charge is 0.295 e. The average Bonchev–Trinajstić information content (AvgIpc) is 3.43. The van der Waals surface area contributed by atoms with Gasteiger partial charge in [0.2, 0.25) is 0 Å². The monoisotopic (exact) mass is 459 g/mol. The molecule has 3 aromatic carbocycles. The first-order chi connectivity index (χ1) is 17.1. The summed E-state index contributed by atoms with van der Waals surface area (Å²) in [7, 11) is 0. The number of nitrogens with zero attached hydrogens (tertiary/aromatic N) is 2. The van der Waals surface area contributed by atoms with Crippen LogP contribution in [-0.4, -0.2) is 31.7 Å². The van der Waals surface area contributed by atoms with Crippen molar-refractivity contribution in [2.24, 2.45) is 0 Å². The molecule has 170 valence electrons.